The highest BCUT2D eigenvalue weighted by atomic mass is 19.1. The second-order valence-electron chi connectivity index (χ2n) is 3.29. The van der Waals surface area contributed by atoms with Crippen LogP contribution in [0.1, 0.15) is 6.42 Å². The van der Waals surface area contributed by atoms with Crippen molar-refractivity contribution < 1.29 is 13.9 Å². The molecule has 2 rings (SSSR count). The predicted octanol–water partition coefficient (Wildman–Crippen LogP) is 1.58. The summed E-state index contributed by atoms with van der Waals surface area (Å²) in [5, 5.41) is 0. The van der Waals surface area contributed by atoms with Crippen LogP contribution in [0, 0.1) is 5.82 Å². The number of hydrogen-bond donors (Lipinski definition) is 1. The highest BCUT2D eigenvalue weighted by molar-refractivity contribution is 5.52. The zero-order valence-electron chi connectivity index (χ0n) is 7.70. The van der Waals surface area contributed by atoms with Crippen molar-refractivity contribution in [2.75, 3.05) is 18.9 Å². The van der Waals surface area contributed by atoms with Gasteiger partial charge in [-0.3, -0.25) is 0 Å². The second kappa shape index (κ2) is 3.84. The number of nitrogens with two attached hydrogens (primary N) is 1. The van der Waals surface area contributed by atoms with E-state index in [2.05, 4.69) is 0 Å². The number of halogens is 1. The molecule has 0 spiro atoms. The van der Waals surface area contributed by atoms with Crippen molar-refractivity contribution in [2.24, 2.45) is 0 Å². The van der Waals surface area contributed by atoms with E-state index in [0.29, 0.717) is 24.7 Å². The Kier molecular flexibility index (Phi) is 2.54. The molecule has 2 N–H and O–H groups in total. The van der Waals surface area contributed by atoms with Crippen LogP contribution in [0.5, 0.6) is 5.75 Å². The van der Waals surface area contributed by atoms with Gasteiger partial charge in [-0.1, -0.05) is 0 Å². The Labute approximate surface area is 81.6 Å². The predicted molar refractivity (Wildman–Crippen MR) is 50.7 cm³/mol. The van der Waals surface area contributed by atoms with Gasteiger partial charge in [0.2, 0.25) is 0 Å². The minimum Gasteiger partial charge on any atom is -0.486 e. The summed E-state index contributed by atoms with van der Waals surface area (Å²) in [6.07, 6.45) is 0.828. The Hall–Kier alpha value is -1.29. The third-order valence-corrected chi connectivity index (χ3v) is 2.16. The van der Waals surface area contributed by atoms with Crippen molar-refractivity contribution in [2.45, 2.75) is 12.5 Å². The zero-order valence-corrected chi connectivity index (χ0v) is 7.70. The van der Waals surface area contributed by atoms with Crippen molar-refractivity contribution in [3.8, 4) is 5.75 Å². The molecule has 0 unspecified atom stereocenters. The number of ether oxygens (including phenoxy) is 2. The summed E-state index contributed by atoms with van der Waals surface area (Å²) in [4.78, 5) is 0. The molecular formula is C10H12FNO2. The molecule has 1 aliphatic rings. The first-order chi connectivity index (χ1) is 6.75. The molecule has 0 radical (unpaired) electrons. The van der Waals surface area contributed by atoms with Gasteiger partial charge >= 0.3 is 0 Å². The Morgan fingerprint density at radius 1 is 1.50 bits per heavy atom. The molecule has 76 valence electrons. The molecule has 14 heavy (non-hydrogen) atoms. The monoisotopic (exact) mass is 197 g/mol. The summed E-state index contributed by atoms with van der Waals surface area (Å²) in [6, 6.07) is 4.11. The van der Waals surface area contributed by atoms with Crippen LogP contribution >= 0.6 is 0 Å². The molecule has 0 saturated carbocycles. The Morgan fingerprint density at radius 3 is 3.07 bits per heavy atom. The lowest BCUT2D eigenvalue weighted by atomic mass is 10.2. The van der Waals surface area contributed by atoms with E-state index in [1.54, 1.807) is 0 Å². The fourth-order valence-corrected chi connectivity index (χ4v) is 1.40. The van der Waals surface area contributed by atoms with Gasteiger partial charge in [0, 0.05) is 12.5 Å². The molecule has 0 aliphatic carbocycles. The summed E-state index contributed by atoms with van der Waals surface area (Å²) in [5.41, 5.74) is 6.09. The van der Waals surface area contributed by atoms with Gasteiger partial charge in [-0.25, -0.2) is 4.39 Å². The van der Waals surface area contributed by atoms with Crippen LogP contribution < -0.4 is 10.5 Å². The summed E-state index contributed by atoms with van der Waals surface area (Å²) >= 11 is 0. The van der Waals surface area contributed by atoms with E-state index in [9.17, 15) is 4.39 Å². The molecule has 1 saturated heterocycles. The first-order valence-electron chi connectivity index (χ1n) is 4.55. The molecule has 1 aromatic rings. The summed E-state index contributed by atoms with van der Waals surface area (Å²) in [7, 11) is 0. The second-order valence-corrected chi connectivity index (χ2v) is 3.29. The van der Waals surface area contributed by atoms with Crippen LogP contribution in [0.15, 0.2) is 18.2 Å². The first kappa shape index (κ1) is 9.27. The van der Waals surface area contributed by atoms with Gasteiger partial charge in [-0.05, 0) is 12.1 Å². The molecule has 1 aliphatic heterocycles. The average Bonchev–Trinajstić information content (AvgIpc) is 2.64. The molecule has 0 amide bonds. The van der Waals surface area contributed by atoms with Crippen molar-refractivity contribution in [1.82, 2.24) is 0 Å². The van der Waals surface area contributed by atoms with Crippen molar-refractivity contribution >= 4 is 5.69 Å². The third-order valence-electron chi connectivity index (χ3n) is 2.16. The smallest absolute Gasteiger partial charge is 0.145 e. The first-order valence-corrected chi connectivity index (χ1v) is 4.55. The lowest BCUT2D eigenvalue weighted by Crippen LogP contribution is -2.16. The minimum absolute atomic E-state index is 0.000833. The molecule has 0 bridgehead atoms. The van der Waals surface area contributed by atoms with Crippen LogP contribution in [0.2, 0.25) is 0 Å². The number of nitrogen functional groups attached to an aromatic ring is 1. The summed E-state index contributed by atoms with van der Waals surface area (Å²) in [6.45, 7) is 1.25. The maximum atomic E-state index is 12.9. The lowest BCUT2D eigenvalue weighted by Gasteiger charge is -2.13. The van der Waals surface area contributed by atoms with E-state index < -0.39 is 0 Å². The number of rotatable bonds is 2. The SMILES string of the molecule is Nc1ccc(F)cc1O[C@H]1CCOC1. The quantitative estimate of drug-likeness (QED) is 0.732. The van der Waals surface area contributed by atoms with Gasteiger partial charge < -0.3 is 15.2 Å². The van der Waals surface area contributed by atoms with Gasteiger partial charge in [0.05, 0.1) is 18.9 Å². The summed E-state index contributed by atoms with van der Waals surface area (Å²) in [5.74, 6) is 0.0635. The van der Waals surface area contributed by atoms with Crippen molar-refractivity contribution in [1.29, 1.82) is 0 Å². The van der Waals surface area contributed by atoms with E-state index in [1.165, 1.54) is 18.2 Å². The Morgan fingerprint density at radius 2 is 2.36 bits per heavy atom. The van der Waals surface area contributed by atoms with Crippen LogP contribution in [-0.4, -0.2) is 19.3 Å². The van der Waals surface area contributed by atoms with Crippen molar-refractivity contribution in [3.05, 3.63) is 24.0 Å². The highest BCUT2D eigenvalue weighted by Gasteiger charge is 2.18. The van der Waals surface area contributed by atoms with E-state index in [-0.39, 0.29) is 11.9 Å². The fourth-order valence-electron chi connectivity index (χ4n) is 1.40. The van der Waals surface area contributed by atoms with Gasteiger partial charge in [0.15, 0.2) is 0 Å². The number of hydrogen-bond acceptors (Lipinski definition) is 3. The van der Waals surface area contributed by atoms with Crippen LogP contribution in [0.3, 0.4) is 0 Å². The van der Waals surface area contributed by atoms with Gasteiger partial charge in [0.1, 0.15) is 17.7 Å². The molecule has 3 nitrogen and oxygen atoms in total. The molecule has 1 fully saturated rings. The maximum Gasteiger partial charge on any atom is 0.145 e. The topological polar surface area (TPSA) is 44.5 Å². The molecule has 1 atom stereocenters. The molecular weight excluding hydrogens is 185 g/mol. The normalized spacial score (nSPS) is 21.1. The van der Waals surface area contributed by atoms with E-state index in [1.807, 2.05) is 0 Å². The Balaban J connectivity index is 2.10. The zero-order chi connectivity index (χ0) is 9.97. The van der Waals surface area contributed by atoms with E-state index >= 15 is 0 Å². The van der Waals surface area contributed by atoms with E-state index in [4.69, 9.17) is 15.2 Å². The van der Waals surface area contributed by atoms with Gasteiger partial charge in [-0.15, -0.1) is 0 Å². The van der Waals surface area contributed by atoms with Gasteiger partial charge in [-0.2, -0.15) is 0 Å². The number of anilines is 1. The van der Waals surface area contributed by atoms with Gasteiger partial charge in [0.25, 0.3) is 0 Å². The standard InChI is InChI=1S/C10H12FNO2/c11-7-1-2-9(12)10(5-7)14-8-3-4-13-6-8/h1-2,5,8H,3-4,6,12H2/t8-/m0/s1. The Bertz CT molecular complexity index is 324. The van der Waals surface area contributed by atoms with E-state index in [0.717, 1.165) is 6.42 Å². The molecule has 1 aromatic carbocycles. The largest absolute Gasteiger partial charge is 0.486 e. The average molecular weight is 197 g/mol. The van der Waals surface area contributed by atoms with Crippen molar-refractivity contribution in [3.63, 3.8) is 0 Å². The van der Waals surface area contributed by atoms with Crippen LogP contribution in [-0.2, 0) is 4.74 Å². The fraction of sp³-hybridized carbons (Fsp3) is 0.400. The van der Waals surface area contributed by atoms with Crippen LogP contribution in [0.25, 0.3) is 0 Å². The molecule has 0 aromatic heterocycles. The molecule has 1 heterocycles. The lowest BCUT2D eigenvalue weighted by molar-refractivity contribution is 0.141. The third kappa shape index (κ3) is 1.96. The highest BCUT2D eigenvalue weighted by Crippen LogP contribution is 2.24. The van der Waals surface area contributed by atoms with Crippen LogP contribution in [0.4, 0.5) is 10.1 Å². The summed E-state index contributed by atoms with van der Waals surface area (Å²) < 4.78 is 23.5. The maximum absolute atomic E-state index is 12.9. The molecule has 4 heteroatoms. The number of benzene rings is 1. The minimum atomic E-state index is -0.340.